The maximum atomic E-state index is 12.9. The van der Waals surface area contributed by atoms with Crippen molar-refractivity contribution in [3.8, 4) is 0 Å². The van der Waals surface area contributed by atoms with Crippen molar-refractivity contribution in [3.05, 3.63) is 65.0 Å². The van der Waals surface area contributed by atoms with Crippen molar-refractivity contribution in [1.29, 1.82) is 0 Å². The number of fused-ring (bicyclic) bond motifs is 1. The van der Waals surface area contributed by atoms with Crippen LogP contribution in [0.1, 0.15) is 22.7 Å². The number of hydrogen-bond acceptors (Lipinski definition) is 2. The Bertz CT molecular complexity index is 592. The number of benzene rings is 2. The summed E-state index contributed by atoms with van der Waals surface area (Å²) in [7, 11) is 0. The van der Waals surface area contributed by atoms with E-state index >= 15 is 0 Å². The third kappa shape index (κ3) is 2.34. The minimum atomic E-state index is -0.196. The first-order chi connectivity index (χ1) is 9.13. The topological polar surface area (TPSA) is 29.3 Å². The highest BCUT2D eigenvalue weighted by Gasteiger charge is 2.25. The molecule has 1 heterocycles. The predicted octanol–water partition coefficient (Wildman–Crippen LogP) is 3.15. The van der Waals surface area contributed by atoms with Crippen LogP contribution in [0.5, 0.6) is 0 Å². The normalized spacial score (nSPS) is 17.6. The van der Waals surface area contributed by atoms with Crippen LogP contribution in [0, 0.1) is 12.7 Å². The quantitative estimate of drug-likeness (QED) is 0.894. The molecule has 1 aliphatic heterocycles. The number of rotatable bonds is 2. The lowest BCUT2D eigenvalue weighted by Crippen LogP contribution is -2.23. The lowest BCUT2D eigenvalue weighted by atomic mass is 10.1. The monoisotopic (exact) mass is 256 g/mol. The van der Waals surface area contributed by atoms with Crippen molar-refractivity contribution >= 4 is 5.69 Å². The van der Waals surface area contributed by atoms with Gasteiger partial charge in [0.05, 0.1) is 0 Å². The summed E-state index contributed by atoms with van der Waals surface area (Å²) in [6, 6.07) is 13.1. The van der Waals surface area contributed by atoms with E-state index in [-0.39, 0.29) is 11.9 Å². The van der Waals surface area contributed by atoms with Gasteiger partial charge >= 0.3 is 0 Å². The lowest BCUT2D eigenvalue weighted by Gasteiger charge is -2.19. The maximum absolute atomic E-state index is 12.9. The lowest BCUT2D eigenvalue weighted by molar-refractivity contribution is 0.626. The first-order valence-electron chi connectivity index (χ1n) is 6.49. The molecule has 3 heteroatoms. The molecule has 1 atom stereocenters. The van der Waals surface area contributed by atoms with Gasteiger partial charge in [-0.25, -0.2) is 4.39 Å². The molecule has 2 nitrogen and oxygen atoms in total. The Balaban J connectivity index is 1.86. The molecule has 0 radical (unpaired) electrons. The fraction of sp³-hybridized carbons (Fsp3) is 0.250. The van der Waals surface area contributed by atoms with Gasteiger partial charge in [-0.15, -0.1) is 0 Å². The molecule has 0 amide bonds. The van der Waals surface area contributed by atoms with Gasteiger partial charge in [0, 0.05) is 24.8 Å². The second kappa shape index (κ2) is 4.67. The molecule has 3 rings (SSSR count). The van der Waals surface area contributed by atoms with Crippen molar-refractivity contribution < 1.29 is 4.39 Å². The summed E-state index contributed by atoms with van der Waals surface area (Å²) in [6.07, 6.45) is 0. The van der Waals surface area contributed by atoms with E-state index in [1.54, 1.807) is 0 Å². The van der Waals surface area contributed by atoms with E-state index in [1.807, 2.05) is 12.1 Å². The molecular formula is C16H17FN2. The van der Waals surface area contributed by atoms with Crippen LogP contribution in [0.2, 0.25) is 0 Å². The van der Waals surface area contributed by atoms with Crippen molar-refractivity contribution in [2.45, 2.75) is 19.5 Å². The van der Waals surface area contributed by atoms with Crippen LogP contribution in [0.4, 0.5) is 10.1 Å². The molecule has 1 aliphatic rings. The van der Waals surface area contributed by atoms with Crippen LogP contribution >= 0.6 is 0 Å². The van der Waals surface area contributed by atoms with Crippen molar-refractivity contribution in [2.75, 3.05) is 11.4 Å². The van der Waals surface area contributed by atoms with Gasteiger partial charge in [-0.1, -0.05) is 29.8 Å². The van der Waals surface area contributed by atoms with E-state index < -0.39 is 0 Å². The van der Waals surface area contributed by atoms with E-state index in [1.165, 1.54) is 28.9 Å². The Morgan fingerprint density at radius 2 is 1.95 bits per heavy atom. The molecule has 2 N–H and O–H groups in total. The number of aryl methyl sites for hydroxylation is 1. The van der Waals surface area contributed by atoms with Gasteiger partial charge in [0.1, 0.15) is 5.82 Å². The summed E-state index contributed by atoms with van der Waals surface area (Å²) in [4.78, 5) is 2.26. The van der Waals surface area contributed by atoms with Crippen LogP contribution < -0.4 is 10.6 Å². The molecule has 19 heavy (non-hydrogen) atoms. The summed E-state index contributed by atoms with van der Waals surface area (Å²) in [5.41, 5.74) is 10.9. The molecule has 0 spiro atoms. The number of nitrogens with zero attached hydrogens (tertiary/aromatic N) is 1. The van der Waals surface area contributed by atoms with E-state index in [0.29, 0.717) is 0 Å². The molecule has 0 fully saturated rings. The molecule has 2 aromatic rings. The zero-order chi connectivity index (χ0) is 13.4. The summed E-state index contributed by atoms with van der Waals surface area (Å²) in [5.74, 6) is -0.196. The van der Waals surface area contributed by atoms with Crippen LogP contribution in [0.3, 0.4) is 0 Å². The average Bonchev–Trinajstić information content (AvgIpc) is 2.69. The van der Waals surface area contributed by atoms with Gasteiger partial charge in [0.2, 0.25) is 0 Å². The maximum Gasteiger partial charge on any atom is 0.123 e. The van der Waals surface area contributed by atoms with Crippen LogP contribution in [-0.2, 0) is 6.54 Å². The van der Waals surface area contributed by atoms with Crippen molar-refractivity contribution in [2.24, 2.45) is 5.73 Å². The molecule has 2 aromatic carbocycles. The van der Waals surface area contributed by atoms with Crippen LogP contribution in [0.15, 0.2) is 42.5 Å². The Hall–Kier alpha value is -1.87. The third-order valence-corrected chi connectivity index (χ3v) is 3.63. The molecule has 0 aliphatic carbocycles. The fourth-order valence-corrected chi connectivity index (χ4v) is 2.65. The van der Waals surface area contributed by atoms with Crippen LogP contribution in [-0.4, -0.2) is 6.54 Å². The van der Waals surface area contributed by atoms with E-state index in [2.05, 4.69) is 30.0 Å². The SMILES string of the molecule is Cc1ccc2c(c1)[C@@H](N)CN2Cc1ccc(F)cc1. The van der Waals surface area contributed by atoms with Crippen molar-refractivity contribution in [1.82, 2.24) is 0 Å². The number of hydrogen-bond donors (Lipinski definition) is 1. The third-order valence-electron chi connectivity index (χ3n) is 3.63. The number of anilines is 1. The Morgan fingerprint density at radius 3 is 2.68 bits per heavy atom. The second-order valence-corrected chi connectivity index (χ2v) is 5.18. The Kier molecular flexibility index (Phi) is 2.99. The predicted molar refractivity (Wildman–Crippen MR) is 75.6 cm³/mol. The molecule has 98 valence electrons. The standard InChI is InChI=1S/C16H17FN2/c1-11-2-7-16-14(8-11)15(18)10-19(16)9-12-3-5-13(17)6-4-12/h2-8,15H,9-10,18H2,1H3/t15-/m0/s1. The zero-order valence-electron chi connectivity index (χ0n) is 10.9. The van der Waals surface area contributed by atoms with Crippen LogP contribution in [0.25, 0.3) is 0 Å². The van der Waals surface area contributed by atoms with Gasteiger partial charge in [0.15, 0.2) is 0 Å². The minimum absolute atomic E-state index is 0.0651. The fourth-order valence-electron chi connectivity index (χ4n) is 2.65. The molecule has 0 aromatic heterocycles. The molecule has 0 unspecified atom stereocenters. The molecular weight excluding hydrogens is 239 g/mol. The molecule has 0 bridgehead atoms. The Labute approximate surface area is 112 Å². The highest BCUT2D eigenvalue weighted by Crippen LogP contribution is 2.34. The summed E-state index contributed by atoms with van der Waals surface area (Å²) in [6.45, 7) is 3.66. The van der Waals surface area contributed by atoms with E-state index in [0.717, 1.165) is 18.7 Å². The highest BCUT2D eigenvalue weighted by molar-refractivity contribution is 5.61. The van der Waals surface area contributed by atoms with Gasteiger partial charge in [-0.3, -0.25) is 0 Å². The van der Waals surface area contributed by atoms with E-state index in [4.69, 9.17) is 5.73 Å². The number of nitrogens with two attached hydrogens (primary N) is 1. The van der Waals surface area contributed by atoms with Crippen molar-refractivity contribution in [3.63, 3.8) is 0 Å². The van der Waals surface area contributed by atoms with Gasteiger partial charge < -0.3 is 10.6 Å². The highest BCUT2D eigenvalue weighted by atomic mass is 19.1. The first-order valence-corrected chi connectivity index (χ1v) is 6.49. The molecule has 0 saturated carbocycles. The smallest absolute Gasteiger partial charge is 0.123 e. The largest absolute Gasteiger partial charge is 0.365 e. The zero-order valence-corrected chi connectivity index (χ0v) is 10.9. The summed E-state index contributed by atoms with van der Waals surface area (Å²) >= 11 is 0. The summed E-state index contributed by atoms with van der Waals surface area (Å²) in [5, 5.41) is 0. The molecule has 0 saturated heterocycles. The van der Waals surface area contributed by atoms with E-state index in [9.17, 15) is 4.39 Å². The number of halogens is 1. The Morgan fingerprint density at radius 1 is 1.21 bits per heavy atom. The van der Waals surface area contributed by atoms with Gasteiger partial charge in [-0.2, -0.15) is 0 Å². The average molecular weight is 256 g/mol. The minimum Gasteiger partial charge on any atom is -0.365 e. The van der Waals surface area contributed by atoms with Gasteiger partial charge in [0.25, 0.3) is 0 Å². The first kappa shape index (κ1) is 12.2. The van der Waals surface area contributed by atoms with Gasteiger partial charge in [-0.05, 0) is 36.2 Å². The summed E-state index contributed by atoms with van der Waals surface area (Å²) < 4.78 is 12.9. The second-order valence-electron chi connectivity index (χ2n) is 5.18.